The second kappa shape index (κ2) is 6.92. The number of methoxy groups -OCH3 is 1. The summed E-state index contributed by atoms with van der Waals surface area (Å²) >= 11 is 0. The van der Waals surface area contributed by atoms with Gasteiger partial charge in [-0.05, 0) is 48.4 Å². The first-order chi connectivity index (χ1) is 11.3. The van der Waals surface area contributed by atoms with Crippen LogP contribution < -0.4 is 10.2 Å². The Morgan fingerprint density at radius 2 is 1.87 bits per heavy atom. The van der Waals surface area contributed by atoms with Gasteiger partial charge in [0.25, 0.3) is 0 Å². The van der Waals surface area contributed by atoms with Gasteiger partial charge in [0.1, 0.15) is 5.75 Å². The second-order valence-electron chi connectivity index (χ2n) is 5.13. The number of hydrazone groups is 1. The van der Waals surface area contributed by atoms with E-state index in [1.807, 2.05) is 54.6 Å². The van der Waals surface area contributed by atoms with Crippen LogP contribution in [0.15, 0.2) is 65.9 Å². The number of para-hydroxylation sites is 1. The number of fused-ring (bicyclic) bond motifs is 1. The third kappa shape index (κ3) is 3.31. The van der Waals surface area contributed by atoms with Crippen molar-refractivity contribution in [2.24, 2.45) is 5.10 Å². The molecule has 1 aromatic heterocycles. The van der Waals surface area contributed by atoms with Crippen LogP contribution in [-0.2, 0) is 0 Å². The Kier molecular flexibility index (Phi) is 4.52. The number of pyridine rings is 1. The lowest BCUT2D eigenvalue weighted by atomic mass is 10.1. The molecule has 3 aromatic rings. The van der Waals surface area contributed by atoms with Crippen molar-refractivity contribution in [2.45, 2.75) is 13.3 Å². The van der Waals surface area contributed by atoms with Crippen LogP contribution in [0.1, 0.15) is 18.9 Å². The molecule has 0 aliphatic heterocycles. The third-order valence-corrected chi connectivity index (χ3v) is 3.70. The zero-order valence-corrected chi connectivity index (χ0v) is 13.3. The summed E-state index contributed by atoms with van der Waals surface area (Å²) in [6.45, 7) is 2.09. The highest BCUT2D eigenvalue weighted by Gasteiger charge is 2.04. The average molecular weight is 305 g/mol. The number of benzene rings is 2. The lowest BCUT2D eigenvalue weighted by molar-refractivity contribution is 0.415. The SMILES string of the molecule is CC/C(=N/Nc1cccc2cccnc12)c1ccc(OC)cc1. The summed E-state index contributed by atoms with van der Waals surface area (Å²) in [7, 11) is 1.67. The normalized spacial score (nSPS) is 11.5. The second-order valence-corrected chi connectivity index (χ2v) is 5.13. The topological polar surface area (TPSA) is 46.5 Å². The molecule has 3 rings (SSSR count). The molecule has 1 heterocycles. The number of hydrogen-bond acceptors (Lipinski definition) is 4. The summed E-state index contributed by atoms with van der Waals surface area (Å²) in [6.07, 6.45) is 2.62. The van der Waals surface area contributed by atoms with Crippen LogP contribution in [-0.4, -0.2) is 17.8 Å². The molecule has 0 spiro atoms. The first-order valence-electron chi connectivity index (χ1n) is 7.62. The molecule has 4 heteroatoms. The van der Waals surface area contributed by atoms with Crippen molar-refractivity contribution in [1.29, 1.82) is 0 Å². The van der Waals surface area contributed by atoms with Gasteiger partial charge in [0.15, 0.2) is 0 Å². The van der Waals surface area contributed by atoms with E-state index in [4.69, 9.17) is 4.74 Å². The van der Waals surface area contributed by atoms with Gasteiger partial charge in [0, 0.05) is 11.6 Å². The van der Waals surface area contributed by atoms with Crippen LogP contribution in [0, 0.1) is 0 Å². The molecular weight excluding hydrogens is 286 g/mol. The molecule has 0 aliphatic rings. The monoisotopic (exact) mass is 305 g/mol. The standard InChI is InChI=1S/C19H19N3O/c1-3-17(14-9-11-16(23-2)12-10-14)21-22-18-8-4-6-15-7-5-13-20-19(15)18/h4-13,22H,3H2,1-2H3/b21-17-. The van der Waals surface area contributed by atoms with Crippen molar-refractivity contribution in [3.63, 3.8) is 0 Å². The van der Waals surface area contributed by atoms with Crippen molar-refractivity contribution in [1.82, 2.24) is 4.98 Å². The van der Waals surface area contributed by atoms with Crippen LogP contribution in [0.5, 0.6) is 5.75 Å². The largest absolute Gasteiger partial charge is 0.497 e. The number of nitrogens with zero attached hydrogens (tertiary/aromatic N) is 2. The molecule has 0 saturated carbocycles. The minimum atomic E-state index is 0.831. The van der Waals surface area contributed by atoms with Crippen molar-refractivity contribution >= 4 is 22.3 Å². The van der Waals surface area contributed by atoms with Crippen molar-refractivity contribution in [3.05, 3.63) is 66.4 Å². The maximum Gasteiger partial charge on any atom is 0.118 e. The molecule has 4 nitrogen and oxygen atoms in total. The predicted molar refractivity (Wildman–Crippen MR) is 95.2 cm³/mol. The summed E-state index contributed by atoms with van der Waals surface area (Å²) < 4.78 is 5.20. The van der Waals surface area contributed by atoms with Gasteiger partial charge < -0.3 is 4.74 Å². The zero-order valence-electron chi connectivity index (χ0n) is 13.3. The van der Waals surface area contributed by atoms with Gasteiger partial charge in [-0.2, -0.15) is 5.10 Å². The molecular formula is C19H19N3O. The molecule has 0 saturated heterocycles. The van der Waals surface area contributed by atoms with Gasteiger partial charge >= 0.3 is 0 Å². The summed E-state index contributed by atoms with van der Waals surface area (Å²) in [5.41, 5.74) is 7.05. The summed E-state index contributed by atoms with van der Waals surface area (Å²) in [4.78, 5) is 4.43. The van der Waals surface area contributed by atoms with Crippen molar-refractivity contribution < 1.29 is 4.74 Å². The highest BCUT2D eigenvalue weighted by molar-refractivity contribution is 6.01. The fourth-order valence-corrected chi connectivity index (χ4v) is 2.45. The minimum absolute atomic E-state index is 0.831. The molecule has 0 amide bonds. The Balaban J connectivity index is 1.89. The summed E-state index contributed by atoms with van der Waals surface area (Å²) in [6, 6.07) is 17.9. The molecule has 116 valence electrons. The first-order valence-corrected chi connectivity index (χ1v) is 7.62. The van der Waals surface area contributed by atoms with E-state index in [0.29, 0.717) is 0 Å². The molecule has 0 unspecified atom stereocenters. The van der Waals surface area contributed by atoms with E-state index < -0.39 is 0 Å². The zero-order chi connectivity index (χ0) is 16.1. The maximum atomic E-state index is 5.20. The third-order valence-electron chi connectivity index (χ3n) is 3.70. The van der Waals surface area contributed by atoms with Crippen LogP contribution in [0.2, 0.25) is 0 Å². The fourth-order valence-electron chi connectivity index (χ4n) is 2.45. The Morgan fingerprint density at radius 3 is 2.61 bits per heavy atom. The molecule has 0 radical (unpaired) electrons. The molecule has 0 aliphatic carbocycles. The van der Waals surface area contributed by atoms with E-state index in [1.165, 1.54) is 0 Å². The van der Waals surface area contributed by atoms with E-state index in [-0.39, 0.29) is 0 Å². The van der Waals surface area contributed by atoms with Crippen molar-refractivity contribution in [2.75, 3.05) is 12.5 Å². The highest BCUT2D eigenvalue weighted by atomic mass is 16.5. The number of hydrogen-bond donors (Lipinski definition) is 1. The van der Waals surface area contributed by atoms with E-state index in [0.717, 1.165) is 40.0 Å². The smallest absolute Gasteiger partial charge is 0.118 e. The molecule has 0 atom stereocenters. The average Bonchev–Trinajstić information content (AvgIpc) is 2.63. The quantitative estimate of drug-likeness (QED) is 0.559. The number of aromatic nitrogens is 1. The van der Waals surface area contributed by atoms with Crippen LogP contribution in [0.25, 0.3) is 10.9 Å². The Bertz CT molecular complexity index is 820. The van der Waals surface area contributed by atoms with Gasteiger partial charge in [-0.15, -0.1) is 0 Å². The lowest BCUT2D eigenvalue weighted by Crippen LogP contribution is -2.03. The van der Waals surface area contributed by atoms with E-state index in [2.05, 4.69) is 22.4 Å². The Morgan fingerprint density at radius 1 is 1.09 bits per heavy atom. The van der Waals surface area contributed by atoms with Gasteiger partial charge in [-0.3, -0.25) is 10.4 Å². The molecule has 23 heavy (non-hydrogen) atoms. The van der Waals surface area contributed by atoms with Crippen LogP contribution in [0.4, 0.5) is 5.69 Å². The maximum absolute atomic E-state index is 5.20. The number of rotatable bonds is 5. The van der Waals surface area contributed by atoms with Gasteiger partial charge in [0.2, 0.25) is 0 Å². The molecule has 1 N–H and O–H groups in total. The van der Waals surface area contributed by atoms with E-state index in [9.17, 15) is 0 Å². The van der Waals surface area contributed by atoms with Crippen molar-refractivity contribution in [3.8, 4) is 5.75 Å². The van der Waals surface area contributed by atoms with Crippen LogP contribution >= 0.6 is 0 Å². The number of ether oxygens (including phenoxy) is 1. The lowest BCUT2D eigenvalue weighted by Gasteiger charge is -2.08. The van der Waals surface area contributed by atoms with Gasteiger partial charge in [0.05, 0.1) is 24.0 Å². The Labute approximate surface area is 135 Å². The summed E-state index contributed by atoms with van der Waals surface area (Å²) in [5, 5.41) is 5.67. The predicted octanol–water partition coefficient (Wildman–Crippen LogP) is 4.47. The summed E-state index contributed by atoms with van der Waals surface area (Å²) in [5.74, 6) is 0.843. The molecule has 0 bridgehead atoms. The number of anilines is 1. The minimum Gasteiger partial charge on any atom is -0.497 e. The number of nitrogens with one attached hydrogen (secondary N) is 1. The van der Waals surface area contributed by atoms with Gasteiger partial charge in [-0.1, -0.05) is 25.1 Å². The van der Waals surface area contributed by atoms with Gasteiger partial charge in [-0.25, -0.2) is 0 Å². The van der Waals surface area contributed by atoms with E-state index in [1.54, 1.807) is 13.3 Å². The fraction of sp³-hybridized carbons (Fsp3) is 0.158. The highest BCUT2D eigenvalue weighted by Crippen LogP contribution is 2.21. The molecule has 2 aromatic carbocycles. The first kappa shape index (κ1) is 15.0. The Hall–Kier alpha value is -2.88. The van der Waals surface area contributed by atoms with E-state index >= 15 is 0 Å². The molecule has 0 fully saturated rings. The van der Waals surface area contributed by atoms with Crippen LogP contribution in [0.3, 0.4) is 0 Å².